The highest BCUT2D eigenvalue weighted by atomic mass is 16.6. The number of hydrogen-bond acceptors (Lipinski definition) is 12. The van der Waals surface area contributed by atoms with E-state index in [0.717, 1.165) is 64.2 Å². The third kappa shape index (κ3) is 13.7. The maximum atomic E-state index is 14.3. The van der Waals surface area contributed by atoms with E-state index in [1.54, 1.807) is 41.5 Å². The quantitative estimate of drug-likeness (QED) is 0.159. The highest BCUT2D eigenvalue weighted by Gasteiger charge is 2.48. The molecule has 5 fully saturated rings. The lowest BCUT2D eigenvalue weighted by Gasteiger charge is -2.34. The van der Waals surface area contributed by atoms with Crippen molar-refractivity contribution in [1.82, 2.24) is 31.1 Å². The number of rotatable bonds is 12. The Morgan fingerprint density at radius 1 is 0.500 bits per heavy atom. The zero-order valence-corrected chi connectivity index (χ0v) is 39.3. The van der Waals surface area contributed by atoms with Crippen molar-refractivity contribution in [2.24, 2.45) is 23.7 Å². The van der Waals surface area contributed by atoms with E-state index >= 15 is 0 Å². The summed E-state index contributed by atoms with van der Waals surface area (Å²) in [4.78, 5) is 111. The Morgan fingerprint density at radius 2 is 0.828 bits per heavy atom. The number of amides is 6. The molecule has 0 aromatic heterocycles. The molecule has 0 aromatic rings. The maximum absolute atomic E-state index is 14.3. The van der Waals surface area contributed by atoms with Crippen LogP contribution in [0.4, 0.5) is 9.59 Å². The van der Waals surface area contributed by atoms with Crippen molar-refractivity contribution in [3.8, 4) is 0 Å². The van der Waals surface area contributed by atoms with Crippen LogP contribution < -0.4 is 21.3 Å². The molecule has 0 aromatic carbocycles. The molecule has 6 atom stereocenters. The summed E-state index contributed by atoms with van der Waals surface area (Å²) in [5.74, 6) is -3.55. The standard InChI is InChI=1S/C46H74N6O12/c1-45(2,3)63-43(59)49-35(27-15-11-9-12-16-27)39(55)51-25-31(23-33(51)41(57)61-7)47-37(53)29-19-21-30(22-20-29)38(54)48-32-24-34(42(58)62-8)52(26-32)40(56)36(28-17-13-10-14-18-28)50-44(60)64-46(4,5)6/h27-36H,9-26H2,1-8H3,(H,47,53)(H,48,54)(H,49,59)(H,50,60)/t29?,30?,31-,32-,33-,34-,35-,36-/m0/s1. The SMILES string of the molecule is COC(=O)[C@@H]1C[C@H](NC(=O)C2CCC(C(=O)N[C@H]3C[C@@H](C(=O)OC)N(C(=O)[C@@H](NC(=O)OC(C)(C)C)C4CCCCC4)C3)CC2)CN1C(=O)[C@@H](NC(=O)OC(C)(C)C)C1CCCCC1. The summed E-state index contributed by atoms with van der Waals surface area (Å²) in [6.07, 6.45) is 9.33. The predicted octanol–water partition coefficient (Wildman–Crippen LogP) is 4.26. The highest BCUT2D eigenvalue weighted by molar-refractivity contribution is 5.92. The first-order valence-corrected chi connectivity index (χ1v) is 23.5. The van der Waals surface area contributed by atoms with E-state index in [4.69, 9.17) is 18.9 Å². The van der Waals surface area contributed by atoms with Gasteiger partial charge in [0.25, 0.3) is 0 Å². The lowest BCUT2D eigenvalue weighted by atomic mass is 9.81. The van der Waals surface area contributed by atoms with E-state index in [-0.39, 0.29) is 49.6 Å². The van der Waals surface area contributed by atoms with Gasteiger partial charge in [0.1, 0.15) is 35.4 Å². The number of nitrogens with one attached hydrogen (secondary N) is 4. The first-order chi connectivity index (χ1) is 30.2. The molecule has 3 saturated carbocycles. The van der Waals surface area contributed by atoms with Crippen molar-refractivity contribution in [1.29, 1.82) is 0 Å². The first-order valence-electron chi connectivity index (χ1n) is 23.5. The number of alkyl carbamates (subject to hydrolysis) is 2. The molecule has 2 aliphatic heterocycles. The second kappa shape index (κ2) is 22.0. The second-order valence-electron chi connectivity index (χ2n) is 20.5. The number of methoxy groups -OCH3 is 2. The van der Waals surface area contributed by atoms with Crippen LogP contribution in [0.15, 0.2) is 0 Å². The van der Waals surface area contributed by atoms with E-state index < -0.39 is 95.2 Å². The Bertz CT molecular complexity index is 1570. The molecule has 4 N–H and O–H groups in total. The van der Waals surface area contributed by atoms with Gasteiger partial charge in [-0.3, -0.25) is 19.2 Å². The topological polar surface area (TPSA) is 228 Å². The fourth-order valence-corrected chi connectivity index (χ4v) is 10.3. The Balaban J connectivity index is 1.17. The van der Waals surface area contributed by atoms with Crippen molar-refractivity contribution in [2.45, 2.75) is 192 Å². The lowest BCUT2D eigenvalue weighted by Crippen LogP contribution is -2.56. The average molecular weight is 903 g/mol. The fraction of sp³-hybridized carbons (Fsp3) is 0.826. The van der Waals surface area contributed by atoms with E-state index in [1.807, 2.05) is 0 Å². The van der Waals surface area contributed by atoms with Gasteiger partial charge in [-0.05, 0) is 105 Å². The van der Waals surface area contributed by atoms with Gasteiger partial charge in [0.15, 0.2) is 0 Å². The number of carbonyl (C=O) groups is 8. The van der Waals surface area contributed by atoms with Crippen LogP contribution in [0.25, 0.3) is 0 Å². The minimum atomic E-state index is -0.950. The van der Waals surface area contributed by atoms with Crippen LogP contribution in [0.1, 0.15) is 144 Å². The van der Waals surface area contributed by atoms with Crippen LogP contribution in [-0.4, -0.2) is 132 Å². The summed E-state index contributed by atoms with van der Waals surface area (Å²) in [6, 6.07) is -4.79. The van der Waals surface area contributed by atoms with E-state index in [1.165, 1.54) is 24.0 Å². The van der Waals surface area contributed by atoms with Crippen LogP contribution in [0, 0.1) is 23.7 Å². The average Bonchev–Trinajstić information content (AvgIpc) is 3.87. The van der Waals surface area contributed by atoms with E-state index in [0.29, 0.717) is 25.7 Å². The number of carbonyl (C=O) groups excluding carboxylic acids is 8. The monoisotopic (exact) mass is 903 g/mol. The minimum absolute atomic E-state index is 0.0628. The first kappa shape index (κ1) is 50.4. The molecule has 18 nitrogen and oxygen atoms in total. The summed E-state index contributed by atoms with van der Waals surface area (Å²) in [5.41, 5.74) is -1.55. The molecule has 2 heterocycles. The molecule has 0 unspecified atom stereocenters. The summed E-state index contributed by atoms with van der Waals surface area (Å²) in [7, 11) is 2.51. The molecule has 5 rings (SSSR count). The summed E-state index contributed by atoms with van der Waals surface area (Å²) < 4.78 is 21.2. The second-order valence-corrected chi connectivity index (χ2v) is 20.5. The third-order valence-electron chi connectivity index (χ3n) is 13.4. The van der Waals surface area contributed by atoms with Gasteiger partial charge in [-0.25, -0.2) is 19.2 Å². The van der Waals surface area contributed by atoms with Crippen molar-refractivity contribution in [3.63, 3.8) is 0 Å². The van der Waals surface area contributed by atoms with Gasteiger partial charge in [0.2, 0.25) is 23.6 Å². The Kier molecular flexibility index (Phi) is 17.3. The van der Waals surface area contributed by atoms with Crippen LogP contribution in [0.5, 0.6) is 0 Å². The van der Waals surface area contributed by atoms with Gasteiger partial charge in [-0.2, -0.15) is 0 Å². The molecular formula is C46H74N6O12. The molecule has 5 aliphatic rings. The fourth-order valence-electron chi connectivity index (χ4n) is 10.3. The third-order valence-corrected chi connectivity index (χ3v) is 13.4. The van der Waals surface area contributed by atoms with Gasteiger partial charge in [0.05, 0.1) is 14.2 Å². The van der Waals surface area contributed by atoms with Crippen LogP contribution in [0.2, 0.25) is 0 Å². The van der Waals surface area contributed by atoms with E-state index in [2.05, 4.69) is 21.3 Å². The Morgan fingerprint density at radius 3 is 1.12 bits per heavy atom. The van der Waals surface area contributed by atoms with Crippen LogP contribution in [0.3, 0.4) is 0 Å². The van der Waals surface area contributed by atoms with Gasteiger partial charge in [-0.1, -0.05) is 38.5 Å². The molecule has 0 radical (unpaired) electrons. The number of nitrogens with zero attached hydrogens (tertiary/aromatic N) is 2. The summed E-state index contributed by atoms with van der Waals surface area (Å²) in [5, 5.41) is 11.7. The molecule has 360 valence electrons. The zero-order chi connectivity index (χ0) is 46.9. The van der Waals surface area contributed by atoms with Gasteiger partial charge in [-0.15, -0.1) is 0 Å². The largest absolute Gasteiger partial charge is 0.467 e. The van der Waals surface area contributed by atoms with E-state index in [9.17, 15) is 38.4 Å². The molecule has 64 heavy (non-hydrogen) atoms. The molecule has 0 bridgehead atoms. The van der Waals surface area contributed by atoms with Crippen molar-refractivity contribution in [2.75, 3.05) is 27.3 Å². The van der Waals surface area contributed by atoms with Crippen molar-refractivity contribution in [3.05, 3.63) is 0 Å². The number of likely N-dealkylation sites (tertiary alicyclic amines) is 2. The van der Waals surface area contributed by atoms with Crippen molar-refractivity contribution >= 4 is 47.8 Å². The lowest BCUT2D eigenvalue weighted by molar-refractivity contribution is -0.152. The van der Waals surface area contributed by atoms with Gasteiger partial charge < -0.3 is 50.0 Å². The zero-order valence-electron chi connectivity index (χ0n) is 39.3. The van der Waals surface area contributed by atoms with Gasteiger partial charge in [0, 0.05) is 49.9 Å². The number of hydrogen-bond donors (Lipinski definition) is 4. The molecule has 0 spiro atoms. The smallest absolute Gasteiger partial charge is 0.408 e. The minimum Gasteiger partial charge on any atom is -0.467 e. The normalized spacial score (nSPS) is 26.8. The highest BCUT2D eigenvalue weighted by Crippen LogP contribution is 2.34. The maximum Gasteiger partial charge on any atom is 0.408 e. The molecule has 6 amide bonds. The summed E-state index contributed by atoms with van der Waals surface area (Å²) >= 11 is 0. The van der Waals surface area contributed by atoms with Gasteiger partial charge >= 0.3 is 24.1 Å². The summed E-state index contributed by atoms with van der Waals surface area (Å²) in [6.45, 7) is 10.6. The number of ether oxygens (including phenoxy) is 4. The molecule has 3 aliphatic carbocycles. The Labute approximate surface area is 378 Å². The molecule has 18 heteroatoms. The molecular weight excluding hydrogens is 829 g/mol. The van der Waals surface area contributed by atoms with Crippen LogP contribution >= 0.6 is 0 Å². The number of esters is 2. The molecule has 2 saturated heterocycles. The Hall–Kier alpha value is -4.64. The van der Waals surface area contributed by atoms with Crippen LogP contribution in [-0.2, 0) is 47.7 Å². The van der Waals surface area contributed by atoms with Crippen molar-refractivity contribution < 1.29 is 57.3 Å². The predicted molar refractivity (Wildman–Crippen MR) is 233 cm³/mol.